The highest BCUT2D eigenvalue weighted by Gasteiger charge is 2.25. The summed E-state index contributed by atoms with van der Waals surface area (Å²) in [5, 5.41) is -0.0267. The second-order valence-corrected chi connectivity index (χ2v) is 5.24. The van der Waals surface area contributed by atoms with Crippen molar-refractivity contribution >= 4 is 11.6 Å². The van der Waals surface area contributed by atoms with Crippen molar-refractivity contribution in [1.29, 1.82) is 0 Å². The summed E-state index contributed by atoms with van der Waals surface area (Å²) in [6.45, 7) is 1.65. The first kappa shape index (κ1) is 11.4. The Balaban J connectivity index is 1.78. The van der Waals surface area contributed by atoms with Gasteiger partial charge in [-0.15, -0.1) is 11.6 Å². The molecule has 2 aliphatic rings. The van der Waals surface area contributed by atoms with Crippen LogP contribution in [0, 0.1) is 0 Å². The highest BCUT2D eigenvalue weighted by atomic mass is 35.5. The van der Waals surface area contributed by atoms with Gasteiger partial charge in [-0.25, -0.2) is 0 Å². The maximum absolute atomic E-state index is 6.52. The van der Waals surface area contributed by atoms with Crippen LogP contribution >= 0.6 is 11.6 Å². The third-order valence-corrected chi connectivity index (χ3v) is 4.11. The van der Waals surface area contributed by atoms with E-state index < -0.39 is 0 Å². The van der Waals surface area contributed by atoms with Gasteiger partial charge in [0.05, 0.1) is 18.1 Å². The molecule has 0 saturated carbocycles. The van der Waals surface area contributed by atoms with Crippen LogP contribution in [0.2, 0.25) is 0 Å². The smallest absolute Gasteiger partial charge is 0.122 e. The van der Waals surface area contributed by atoms with Crippen molar-refractivity contribution in [1.82, 2.24) is 0 Å². The fourth-order valence-electron chi connectivity index (χ4n) is 2.59. The van der Waals surface area contributed by atoms with Gasteiger partial charge in [0, 0.05) is 13.0 Å². The first-order valence-electron chi connectivity index (χ1n) is 6.36. The van der Waals surface area contributed by atoms with Gasteiger partial charge in [0.25, 0.3) is 0 Å². The Labute approximate surface area is 107 Å². The van der Waals surface area contributed by atoms with Crippen LogP contribution < -0.4 is 4.74 Å². The van der Waals surface area contributed by atoms with Crippen LogP contribution in [0.3, 0.4) is 0 Å². The zero-order chi connectivity index (χ0) is 11.7. The van der Waals surface area contributed by atoms with Crippen molar-refractivity contribution < 1.29 is 9.47 Å². The molecule has 1 aromatic rings. The largest absolute Gasteiger partial charge is 0.493 e. The lowest BCUT2D eigenvalue weighted by Gasteiger charge is -2.27. The number of alkyl halides is 1. The van der Waals surface area contributed by atoms with E-state index in [1.807, 2.05) is 6.07 Å². The van der Waals surface area contributed by atoms with E-state index >= 15 is 0 Å². The fourth-order valence-corrected chi connectivity index (χ4v) is 2.92. The Bertz CT molecular complexity index is 399. The van der Waals surface area contributed by atoms with Crippen LogP contribution in [-0.2, 0) is 11.2 Å². The Morgan fingerprint density at radius 1 is 1.24 bits per heavy atom. The number of benzene rings is 1. The van der Waals surface area contributed by atoms with Gasteiger partial charge in [-0.1, -0.05) is 12.1 Å². The van der Waals surface area contributed by atoms with Crippen LogP contribution in [0.5, 0.6) is 5.75 Å². The Hall–Kier alpha value is -0.730. The summed E-state index contributed by atoms with van der Waals surface area (Å²) in [6, 6.07) is 6.29. The molecule has 2 atom stereocenters. The summed E-state index contributed by atoms with van der Waals surface area (Å²) in [5.74, 6) is 1.02. The van der Waals surface area contributed by atoms with Crippen LogP contribution in [0.4, 0.5) is 0 Å². The third kappa shape index (κ3) is 2.29. The molecule has 0 radical (unpaired) electrons. The van der Waals surface area contributed by atoms with Crippen molar-refractivity contribution in [3.63, 3.8) is 0 Å². The molecule has 17 heavy (non-hydrogen) atoms. The van der Waals surface area contributed by atoms with Crippen molar-refractivity contribution in [2.45, 2.75) is 37.2 Å². The van der Waals surface area contributed by atoms with E-state index in [1.54, 1.807) is 0 Å². The van der Waals surface area contributed by atoms with Crippen LogP contribution in [0.1, 0.15) is 35.8 Å². The molecule has 0 bridgehead atoms. The highest BCUT2D eigenvalue weighted by molar-refractivity contribution is 6.21. The van der Waals surface area contributed by atoms with Gasteiger partial charge in [0.1, 0.15) is 5.75 Å². The van der Waals surface area contributed by atoms with Crippen LogP contribution in [0.15, 0.2) is 18.2 Å². The second kappa shape index (κ2) is 4.87. The minimum atomic E-state index is -0.0267. The SMILES string of the molecule is ClC(c1ccc2c(c1)CCO2)C1CCCCO1. The zero-order valence-electron chi connectivity index (χ0n) is 9.82. The standard InChI is InChI=1S/C14H17ClO2/c15-14(13-3-1-2-7-16-13)11-4-5-12-10(9-11)6-8-17-12/h4-5,9,13-14H,1-3,6-8H2. The van der Waals surface area contributed by atoms with E-state index in [0.29, 0.717) is 0 Å². The van der Waals surface area contributed by atoms with Gasteiger partial charge in [0.15, 0.2) is 0 Å². The second-order valence-electron chi connectivity index (χ2n) is 4.77. The summed E-state index contributed by atoms with van der Waals surface area (Å²) in [4.78, 5) is 0. The number of hydrogen-bond donors (Lipinski definition) is 0. The number of halogens is 1. The number of fused-ring (bicyclic) bond motifs is 1. The lowest BCUT2D eigenvalue weighted by atomic mass is 9.99. The number of hydrogen-bond acceptors (Lipinski definition) is 2. The molecular weight excluding hydrogens is 236 g/mol. The predicted molar refractivity (Wildman–Crippen MR) is 67.8 cm³/mol. The lowest BCUT2D eigenvalue weighted by Crippen LogP contribution is -2.23. The fraction of sp³-hybridized carbons (Fsp3) is 0.571. The first-order chi connectivity index (χ1) is 8.34. The molecule has 1 saturated heterocycles. The maximum Gasteiger partial charge on any atom is 0.122 e. The quantitative estimate of drug-likeness (QED) is 0.751. The predicted octanol–water partition coefficient (Wildman–Crippen LogP) is 3.47. The van der Waals surface area contributed by atoms with Crippen molar-refractivity contribution in [3.05, 3.63) is 29.3 Å². The van der Waals surface area contributed by atoms with Gasteiger partial charge in [-0.05, 0) is 36.5 Å². The summed E-state index contributed by atoms with van der Waals surface area (Å²) in [6.07, 6.45) is 4.63. The topological polar surface area (TPSA) is 18.5 Å². The average Bonchev–Trinajstić information content (AvgIpc) is 2.86. The molecule has 3 heteroatoms. The Morgan fingerprint density at radius 3 is 3.00 bits per heavy atom. The molecule has 1 fully saturated rings. The monoisotopic (exact) mass is 252 g/mol. The van der Waals surface area contributed by atoms with Gasteiger partial charge in [-0.2, -0.15) is 0 Å². The lowest BCUT2D eigenvalue weighted by molar-refractivity contribution is 0.0136. The molecule has 92 valence electrons. The third-order valence-electron chi connectivity index (χ3n) is 3.57. The molecule has 0 aromatic heterocycles. The average molecular weight is 253 g/mol. The van der Waals surface area contributed by atoms with E-state index in [2.05, 4.69) is 12.1 Å². The van der Waals surface area contributed by atoms with E-state index in [-0.39, 0.29) is 11.5 Å². The molecule has 2 unspecified atom stereocenters. The molecule has 3 rings (SSSR count). The summed E-state index contributed by atoms with van der Waals surface area (Å²) in [5.41, 5.74) is 2.45. The zero-order valence-corrected chi connectivity index (χ0v) is 10.6. The normalized spacial score (nSPS) is 25.1. The molecule has 1 aromatic carbocycles. The Morgan fingerprint density at radius 2 is 2.18 bits per heavy atom. The van der Waals surface area contributed by atoms with Crippen LogP contribution in [0.25, 0.3) is 0 Å². The van der Waals surface area contributed by atoms with Gasteiger partial charge in [-0.3, -0.25) is 0 Å². The molecule has 2 aliphatic heterocycles. The molecule has 0 spiro atoms. The number of ether oxygens (including phenoxy) is 2. The van der Waals surface area contributed by atoms with Gasteiger partial charge in [0.2, 0.25) is 0 Å². The molecule has 0 amide bonds. The van der Waals surface area contributed by atoms with E-state index in [1.165, 1.54) is 17.5 Å². The molecular formula is C14H17ClO2. The first-order valence-corrected chi connectivity index (χ1v) is 6.79. The summed E-state index contributed by atoms with van der Waals surface area (Å²) in [7, 11) is 0. The summed E-state index contributed by atoms with van der Waals surface area (Å²) < 4.78 is 11.3. The molecule has 2 nitrogen and oxygen atoms in total. The Kier molecular flexibility index (Phi) is 3.26. The minimum Gasteiger partial charge on any atom is -0.493 e. The van der Waals surface area contributed by atoms with E-state index in [4.69, 9.17) is 21.1 Å². The van der Waals surface area contributed by atoms with Crippen LogP contribution in [-0.4, -0.2) is 19.3 Å². The maximum atomic E-state index is 6.52. The van der Waals surface area contributed by atoms with Crippen molar-refractivity contribution in [2.75, 3.05) is 13.2 Å². The molecule has 0 aliphatic carbocycles. The van der Waals surface area contributed by atoms with Crippen molar-refractivity contribution in [3.8, 4) is 5.75 Å². The van der Waals surface area contributed by atoms with Crippen molar-refractivity contribution in [2.24, 2.45) is 0 Å². The van der Waals surface area contributed by atoms with Gasteiger partial charge < -0.3 is 9.47 Å². The minimum absolute atomic E-state index is 0.0267. The molecule has 2 heterocycles. The van der Waals surface area contributed by atoms with E-state index in [0.717, 1.165) is 38.2 Å². The highest BCUT2D eigenvalue weighted by Crippen LogP contribution is 2.35. The van der Waals surface area contributed by atoms with Gasteiger partial charge >= 0.3 is 0 Å². The summed E-state index contributed by atoms with van der Waals surface area (Å²) >= 11 is 6.52. The molecule has 0 N–H and O–H groups in total. The number of rotatable bonds is 2. The van der Waals surface area contributed by atoms with E-state index in [9.17, 15) is 0 Å².